The highest BCUT2D eigenvalue weighted by molar-refractivity contribution is 9.10. The highest BCUT2D eigenvalue weighted by Crippen LogP contribution is 2.25. The van der Waals surface area contributed by atoms with Crippen LogP contribution in [0.25, 0.3) is 0 Å². The average molecular weight is 421 g/mol. The first kappa shape index (κ1) is 16.1. The van der Waals surface area contributed by atoms with Gasteiger partial charge in [-0.25, -0.2) is 0 Å². The summed E-state index contributed by atoms with van der Waals surface area (Å²) in [6.45, 7) is 2.01. The summed E-state index contributed by atoms with van der Waals surface area (Å²) in [7, 11) is 1.98. The number of nitrogens with zero attached hydrogens (tertiary/aromatic N) is 2. The molecule has 0 radical (unpaired) electrons. The highest BCUT2D eigenvalue weighted by Gasteiger charge is 2.17. The van der Waals surface area contributed by atoms with Gasteiger partial charge >= 0.3 is 0 Å². The summed E-state index contributed by atoms with van der Waals surface area (Å²) >= 11 is 13.3. The summed E-state index contributed by atoms with van der Waals surface area (Å²) in [5.41, 5.74) is 3.54. The van der Waals surface area contributed by atoms with Crippen molar-refractivity contribution in [3.63, 3.8) is 0 Å². The van der Waals surface area contributed by atoms with Gasteiger partial charge in [0.2, 0.25) is 0 Å². The van der Waals surface area contributed by atoms with E-state index in [0.717, 1.165) is 27.5 Å². The first-order valence-electron chi connectivity index (χ1n) is 6.49. The molecule has 0 saturated carbocycles. The Morgan fingerprint density at radius 1 is 1.30 bits per heavy atom. The minimum atomic E-state index is 0.400. The van der Waals surface area contributed by atoms with Gasteiger partial charge in [0.25, 0.3) is 0 Å². The summed E-state index contributed by atoms with van der Waals surface area (Å²) in [5, 5.41) is 4.44. The third kappa shape index (κ3) is 3.86. The SMILES string of the molecule is Cc1nn(C)c(CC(CCl)Cc2cccc(Br)c2)c1Br. The standard InChI is InChI=1S/C15H17Br2ClN2/c1-10-15(17)14(20(2)19-10)8-12(9-18)6-11-4-3-5-13(16)7-11/h3-5,7,12H,6,8-9H2,1-2H3. The van der Waals surface area contributed by atoms with Crippen LogP contribution >= 0.6 is 43.5 Å². The van der Waals surface area contributed by atoms with E-state index in [1.165, 1.54) is 11.3 Å². The fourth-order valence-corrected chi connectivity index (χ4v) is 3.52. The Kier molecular flexibility index (Phi) is 5.70. The molecule has 20 heavy (non-hydrogen) atoms. The molecule has 2 rings (SSSR count). The Hall–Kier alpha value is -0.320. The number of rotatable bonds is 5. The van der Waals surface area contributed by atoms with E-state index in [2.05, 4.69) is 55.2 Å². The quantitative estimate of drug-likeness (QED) is 0.630. The van der Waals surface area contributed by atoms with Crippen molar-refractivity contribution in [2.45, 2.75) is 19.8 Å². The molecule has 0 aliphatic carbocycles. The monoisotopic (exact) mass is 418 g/mol. The Morgan fingerprint density at radius 2 is 2.05 bits per heavy atom. The molecule has 0 saturated heterocycles. The van der Waals surface area contributed by atoms with E-state index in [0.29, 0.717) is 11.8 Å². The second kappa shape index (κ2) is 7.10. The molecular weight excluding hydrogens is 403 g/mol. The van der Waals surface area contributed by atoms with Crippen LogP contribution in [0.2, 0.25) is 0 Å². The van der Waals surface area contributed by atoms with Gasteiger partial charge in [-0.3, -0.25) is 4.68 Å². The van der Waals surface area contributed by atoms with Crippen LogP contribution in [0.4, 0.5) is 0 Å². The van der Waals surface area contributed by atoms with Crippen molar-refractivity contribution >= 4 is 43.5 Å². The van der Waals surface area contributed by atoms with Crippen LogP contribution in [-0.2, 0) is 19.9 Å². The van der Waals surface area contributed by atoms with Gasteiger partial charge < -0.3 is 0 Å². The molecule has 0 aliphatic heterocycles. The smallest absolute Gasteiger partial charge is 0.0738 e. The van der Waals surface area contributed by atoms with Crippen LogP contribution < -0.4 is 0 Å². The summed E-state index contributed by atoms with van der Waals surface area (Å²) in [4.78, 5) is 0. The number of halogens is 3. The molecule has 0 fully saturated rings. The molecule has 1 heterocycles. The van der Waals surface area contributed by atoms with Gasteiger partial charge in [0, 0.05) is 17.4 Å². The van der Waals surface area contributed by atoms with Crippen LogP contribution in [-0.4, -0.2) is 15.7 Å². The predicted molar refractivity (Wildman–Crippen MR) is 91.4 cm³/mol. The largest absolute Gasteiger partial charge is 0.271 e. The van der Waals surface area contributed by atoms with Crippen LogP contribution in [0.3, 0.4) is 0 Å². The molecule has 1 atom stereocenters. The fraction of sp³-hybridized carbons (Fsp3) is 0.400. The normalized spacial score (nSPS) is 12.7. The van der Waals surface area contributed by atoms with Gasteiger partial charge in [-0.15, -0.1) is 11.6 Å². The molecule has 0 bridgehead atoms. The Morgan fingerprint density at radius 3 is 2.60 bits per heavy atom. The van der Waals surface area contributed by atoms with Crippen LogP contribution in [0.15, 0.2) is 33.2 Å². The third-order valence-corrected chi connectivity index (χ3v) is 5.34. The summed E-state index contributed by atoms with van der Waals surface area (Å²) < 4.78 is 4.16. The molecular formula is C15H17Br2ClN2. The zero-order valence-electron chi connectivity index (χ0n) is 11.5. The summed E-state index contributed by atoms with van der Waals surface area (Å²) in [6.07, 6.45) is 1.90. The van der Waals surface area contributed by atoms with E-state index in [1.54, 1.807) is 0 Å². The Balaban J connectivity index is 2.13. The lowest BCUT2D eigenvalue weighted by molar-refractivity contribution is 0.550. The number of hydrogen-bond acceptors (Lipinski definition) is 1. The van der Waals surface area contributed by atoms with Gasteiger partial charge in [0.15, 0.2) is 0 Å². The van der Waals surface area contributed by atoms with Crippen molar-refractivity contribution in [3.05, 3.63) is 50.2 Å². The predicted octanol–water partition coefficient (Wildman–Crippen LogP) is 4.89. The zero-order valence-corrected chi connectivity index (χ0v) is 15.5. The van der Waals surface area contributed by atoms with E-state index in [1.807, 2.05) is 24.7 Å². The second-order valence-electron chi connectivity index (χ2n) is 5.03. The minimum absolute atomic E-state index is 0.400. The van der Waals surface area contributed by atoms with E-state index in [-0.39, 0.29) is 0 Å². The zero-order chi connectivity index (χ0) is 14.7. The number of aromatic nitrogens is 2. The molecule has 0 amide bonds. The number of hydrogen-bond donors (Lipinski definition) is 0. The first-order chi connectivity index (χ1) is 9.51. The summed E-state index contributed by atoms with van der Waals surface area (Å²) in [5.74, 6) is 1.04. The van der Waals surface area contributed by atoms with Crippen molar-refractivity contribution in [2.24, 2.45) is 13.0 Å². The van der Waals surface area contributed by atoms with Crippen molar-refractivity contribution < 1.29 is 0 Å². The maximum atomic E-state index is 6.16. The first-order valence-corrected chi connectivity index (χ1v) is 8.61. The number of alkyl halides is 1. The maximum absolute atomic E-state index is 6.16. The van der Waals surface area contributed by atoms with Crippen molar-refractivity contribution in [1.29, 1.82) is 0 Å². The van der Waals surface area contributed by atoms with Gasteiger partial charge in [-0.1, -0.05) is 28.1 Å². The van der Waals surface area contributed by atoms with Crippen molar-refractivity contribution in [1.82, 2.24) is 9.78 Å². The van der Waals surface area contributed by atoms with Crippen molar-refractivity contribution in [3.8, 4) is 0 Å². The van der Waals surface area contributed by atoms with E-state index in [4.69, 9.17) is 11.6 Å². The maximum Gasteiger partial charge on any atom is 0.0738 e. The lowest BCUT2D eigenvalue weighted by Gasteiger charge is -2.15. The van der Waals surface area contributed by atoms with Crippen molar-refractivity contribution in [2.75, 3.05) is 5.88 Å². The highest BCUT2D eigenvalue weighted by atomic mass is 79.9. The van der Waals surface area contributed by atoms with Gasteiger partial charge in [-0.05, 0) is 59.3 Å². The molecule has 1 aromatic carbocycles. The van der Waals surface area contributed by atoms with E-state index < -0.39 is 0 Å². The molecule has 2 aromatic rings. The fourth-order valence-electron chi connectivity index (χ4n) is 2.35. The average Bonchev–Trinajstić information content (AvgIpc) is 2.64. The van der Waals surface area contributed by atoms with Crippen LogP contribution in [0, 0.1) is 12.8 Å². The van der Waals surface area contributed by atoms with E-state index in [9.17, 15) is 0 Å². The molecule has 108 valence electrons. The molecule has 2 nitrogen and oxygen atoms in total. The van der Waals surface area contributed by atoms with Crippen LogP contribution in [0.1, 0.15) is 17.0 Å². The third-order valence-electron chi connectivity index (χ3n) is 3.38. The summed E-state index contributed by atoms with van der Waals surface area (Å²) in [6, 6.07) is 8.41. The topological polar surface area (TPSA) is 17.8 Å². The molecule has 0 spiro atoms. The molecule has 0 aliphatic rings. The van der Waals surface area contributed by atoms with Gasteiger partial charge in [0.1, 0.15) is 0 Å². The number of aryl methyl sites for hydroxylation is 2. The van der Waals surface area contributed by atoms with Gasteiger partial charge in [-0.2, -0.15) is 5.10 Å². The Labute approximate surface area is 141 Å². The second-order valence-corrected chi connectivity index (χ2v) is 7.05. The Bertz CT molecular complexity index is 596. The van der Waals surface area contributed by atoms with E-state index >= 15 is 0 Å². The lowest BCUT2D eigenvalue weighted by atomic mass is 9.96. The number of benzene rings is 1. The lowest BCUT2D eigenvalue weighted by Crippen LogP contribution is -2.13. The molecule has 0 N–H and O–H groups in total. The molecule has 1 aromatic heterocycles. The van der Waals surface area contributed by atoms with Gasteiger partial charge in [0.05, 0.1) is 15.9 Å². The minimum Gasteiger partial charge on any atom is -0.271 e. The molecule has 1 unspecified atom stereocenters. The van der Waals surface area contributed by atoms with Crippen LogP contribution in [0.5, 0.6) is 0 Å². The molecule has 5 heteroatoms.